The lowest BCUT2D eigenvalue weighted by molar-refractivity contribution is -0.134. The van der Waals surface area contributed by atoms with Gasteiger partial charge >= 0.3 is 5.97 Å². The number of hydrogen-bond acceptors (Lipinski definition) is 5. The zero-order valence-electron chi connectivity index (χ0n) is 12.6. The van der Waals surface area contributed by atoms with Crippen molar-refractivity contribution in [3.05, 3.63) is 53.8 Å². The summed E-state index contributed by atoms with van der Waals surface area (Å²) in [5.41, 5.74) is 0.551. The molecule has 2 aromatic carbocycles. The van der Waals surface area contributed by atoms with Gasteiger partial charge in [0.15, 0.2) is 23.0 Å². The van der Waals surface area contributed by atoms with E-state index in [1.54, 1.807) is 30.3 Å². The average Bonchev–Trinajstić information content (AvgIpc) is 2.55. The van der Waals surface area contributed by atoms with Crippen molar-refractivity contribution >= 4 is 12.0 Å². The molecule has 0 aliphatic heterocycles. The molecule has 6 nitrogen and oxygen atoms in total. The second kappa shape index (κ2) is 7.22. The number of aromatic hydroxyl groups is 1. The van der Waals surface area contributed by atoms with Crippen LogP contribution in [0.1, 0.15) is 5.56 Å². The lowest BCUT2D eigenvalue weighted by Crippen LogP contribution is -2.07. The molecule has 0 atom stereocenters. The Bertz CT molecular complexity index is 736. The lowest BCUT2D eigenvalue weighted by Gasteiger charge is -2.10. The number of phenolic OH excluding ortho intramolecular Hbond substituents is 1. The molecule has 0 aliphatic rings. The van der Waals surface area contributed by atoms with E-state index in [-0.39, 0.29) is 17.3 Å². The topological polar surface area (TPSA) is 85.2 Å². The summed E-state index contributed by atoms with van der Waals surface area (Å²) in [6.07, 6.45) is 1.33. The van der Waals surface area contributed by atoms with Crippen molar-refractivity contribution < 1.29 is 29.2 Å². The maximum atomic E-state index is 11.4. The van der Waals surface area contributed by atoms with Gasteiger partial charge in [-0.2, -0.15) is 0 Å². The molecule has 0 bridgehead atoms. The molecule has 2 N–H and O–H groups in total. The van der Waals surface area contributed by atoms with Crippen LogP contribution in [0.2, 0.25) is 0 Å². The predicted octanol–water partition coefficient (Wildman–Crippen LogP) is 2.91. The highest BCUT2D eigenvalue weighted by Gasteiger charge is 2.13. The summed E-state index contributed by atoms with van der Waals surface area (Å²) in [6, 6.07) is 11.1. The molecule has 23 heavy (non-hydrogen) atoms. The summed E-state index contributed by atoms with van der Waals surface area (Å²) < 4.78 is 15.6. The third-order valence-corrected chi connectivity index (χ3v) is 3.00. The van der Waals surface area contributed by atoms with Gasteiger partial charge in [0.05, 0.1) is 14.2 Å². The van der Waals surface area contributed by atoms with Crippen LogP contribution in [0.25, 0.3) is 6.08 Å². The third kappa shape index (κ3) is 3.94. The molecule has 2 aromatic rings. The SMILES string of the molecule is COc1ccc(C=C(Oc2ccccc2O)C(=O)O)cc1OC. The molecule has 0 fully saturated rings. The minimum absolute atomic E-state index is 0.0571. The summed E-state index contributed by atoms with van der Waals surface area (Å²) in [6.45, 7) is 0. The molecular weight excluding hydrogens is 300 g/mol. The number of rotatable bonds is 6. The monoisotopic (exact) mass is 316 g/mol. The quantitative estimate of drug-likeness (QED) is 0.629. The maximum Gasteiger partial charge on any atom is 0.371 e. The van der Waals surface area contributed by atoms with Crippen molar-refractivity contribution in [3.63, 3.8) is 0 Å². The Morgan fingerprint density at radius 1 is 1.00 bits per heavy atom. The zero-order valence-corrected chi connectivity index (χ0v) is 12.6. The number of benzene rings is 2. The number of hydrogen-bond donors (Lipinski definition) is 2. The van der Waals surface area contributed by atoms with Gasteiger partial charge in [0, 0.05) is 0 Å². The number of carboxylic acid groups (broad SMARTS) is 1. The Morgan fingerprint density at radius 2 is 1.70 bits per heavy atom. The van der Waals surface area contributed by atoms with Gasteiger partial charge < -0.3 is 24.4 Å². The minimum Gasteiger partial charge on any atom is -0.504 e. The summed E-state index contributed by atoms with van der Waals surface area (Å²) in [5.74, 6) is -0.688. The second-order valence-corrected chi connectivity index (χ2v) is 4.50. The first-order valence-corrected chi connectivity index (χ1v) is 6.68. The lowest BCUT2D eigenvalue weighted by atomic mass is 10.1. The number of carbonyl (C=O) groups is 1. The van der Waals surface area contributed by atoms with Crippen molar-refractivity contribution in [2.24, 2.45) is 0 Å². The number of ether oxygens (including phenoxy) is 3. The van der Waals surface area contributed by atoms with Crippen LogP contribution in [0.5, 0.6) is 23.0 Å². The average molecular weight is 316 g/mol. The van der Waals surface area contributed by atoms with E-state index in [9.17, 15) is 15.0 Å². The van der Waals surface area contributed by atoms with Crippen molar-refractivity contribution in [1.29, 1.82) is 0 Å². The molecule has 0 unspecified atom stereocenters. The van der Waals surface area contributed by atoms with Crippen LogP contribution in [-0.4, -0.2) is 30.4 Å². The van der Waals surface area contributed by atoms with E-state index < -0.39 is 5.97 Å². The number of para-hydroxylation sites is 2. The van der Waals surface area contributed by atoms with E-state index in [1.807, 2.05) is 0 Å². The molecular formula is C17H16O6. The van der Waals surface area contributed by atoms with Crippen LogP contribution in [0.15, 0.2) is 48.2 Å². The third-order valence-electron chi connectivity index (χ3n) is 3.00. The summed E-state index contributed by atoms with van der Waals surface area (Å²) in [4.78, 5) is 11.4. The molecule has 6 heteroatoms. The van der Waals surface area contributed by atoms with Crippen LogP contribution in [0.3, 0.4) is 0 Å². The van der Waals surface area contributed by atoms with Crippen LogP contribution >= 0.6 is 0 Å². The van der Waals surface area contributed by atoms with E-state index >= 15 is 0 Å². The standard InChI is InChI=1S/C17H16O6/c1-21-14-8-7-11(9-15(14)22-2)10-16(17(19)20)23-13-6-4-3-5-12(13)18/h3-10,18H,1-2H3,(H,19,20). The van der Waals surface area contributed by atoms with E-state index in [1.165, 1.54) is 32.4 Å². The molecule has 0 heterocycles. The molecule has 0 spiro atoms. The van der Waals surface area contributed by atoms with Gasteiger partial charge in [-0.15, -0.1) is 0 Å². The maximum absolute atomic E-state index is 11.4. The van der Waals surface area contributed by atoms with Gasteiger partial charge in [0.2, 0.25) is 5.76 Å². The highest BCUT2D eigenvalue weighted by atomic mass is 16.5. The fraction of sp³-hybridized carbons (Fsp3) is 0.118. The van der Waals surface area contributed by atoms with Gasteiger partial charge in [-0.05, 0) is 35.9 Å². The Kier molecular flexibility index (Phi) is 5.09. The summed E-state index contributed by atoms with van der Waals surface area (Å²) >= 11 is 0. The molecule has 0 saturated heterocycles. The first-order valence-electron chi connectivity index (χ1n) is 6.68. The van der Waals surface area contributed by atoms with E-state index in [2.05, 4.69) is 0 Å². The van der Waals surface area contributed by atoms with Crippen molar-refractivity contribution in [2.75, 3.05) is 14.2 Å². The number of aliphatic carboxylic acids is 1. The normalized spacial score (nSPS) is 11.0. The number of carboxylic acids is 1. The Labute approximate surface area is 133 Å². The Morgan fingerprint density at radius 3 is 2.30 bits per heavy atom. The first-order chi connectivity index (χ1) is 11.0. The molecule has 120 valence electrons. The Hall–Kier alpha value is -3.15. The van der Waals surface area contributed by atoms with Crippen LogP contribution in [0, 0.1) is 0 Å². The van der Waals surface area contributed by atoms with Gasteiger partial charge in [-0.25, -0.2) is 4.79 Å². The fourth-order valence-electron chi connectivity index (χ4n) is 1.89. The van der Waals surface area contributed by atoms with Gasteiger partial charge in [-0.3, -0.25) is 0 Å². The molecule has 0 aromatic heterocycles. The van der Waals surface area contributed by atoms with Gasteiger partial charge in [0.25, 0.3) is 0 Å². The van der Waals surface area contributed by atoms with Crippen LogP contribution < -0.4 is 14.2 Å². The van der Waals surface area contributed by atoms with Crippen LogP contribution in [-0.2, 0) is 4.79 Å². The second-order valence-electron chi connectivity index (χ2n) is 4.50. The number of methoxy groups -OCH3 is 2. The van der Waals surface area contributed by atoms with Crippen molar-refractivity contribution in [3.8, 4) is 23.0 Å². The Balaban J connectivity index is 2.36. The molecule has 0 amide bonds. The predicted molar refractivity (Wildman–Crippen MR) is 83.9 cm³/mol. The van der Waals surface area contributed by atoms with Gasteiger partial charge in [0.1, 0.15) is 0 Å². The van der Waals surface area contributed by atoms with E-state index in [0.29, 0.717) is 17.1 Å². The van der Waals surface area contributed by atoms with E-state index in [4.69, 9.17) is 14.2 Å². The van der Waals surface area contributed by atoms with E-state index in [0.717, 1.165) is 0 Å². The molecule has 0 aliphatic carbocycles. The zero-order chi connectivity index (χ0) is 16.8. The number of phenols is 1. The smallest absolute Gasteiger partial charge is 0.371 e. The minimum atomic E-state index is -1.26. The van der Waals surface area contributed by atoms with Crippen molar-refractivity contribution in [2.45, 2.75) is 0 Å². The van der Waals surface area contributed by atoms with Gasteiger partial charge in [-0.1, -0.05) is 18.2 Å². The first kappa shape index (κ1) is 16.2. The summed E-state index contributed by atoms with van der Waals surface area (Å²) in [5, 5.41) is 19.0. The van der Waals surface area contributed by atoms with Crippen LogP contribution in [0.4, 0.5) is 0 Å². The molecule has 0 radical (unpaired) electrons. The molecule has 0 saturated carbocycles. The fourth-order valence-corrected chi connectivity index (χ4v) is 1.89. The highest BCUT2D eigenvalue weighted by molar-refractivity contribution is 5.90. The van der Waals surface area contributed by atoms with Crippen molar-refractivity contribution in [1.82, 2.24) is 0 Å². The largest absolute Gasteiger partial charge is 0.504 e. The summed E-state index contributed by atoms with van der Waals surface area (Å²) in [7, 11) is 3.00. The molecule has 2 rings (SSSR count). The highest BCUT2D eigenvalue weighted by Crippen LogP contribution is 2.30.